The maximum atomic E-state index is 12.3. The van der Waals surface area contributed by atoms with Crippen molar-refractivity contribution in [2.24, 2.45) is 7.05 Å². The summed E-state index contributed by atoms with van der Waals surface area (Å²) >= 11 is 0. The number of nitrogens with zero attached hydrogens (tertiary/aromatic N) is 5. The van der Waals surface area contributed by atoms with Crippen molar-refractivity contribution in [2.45, 2.75) is 6.18 Å². The average molecular weight is 218 g/mol. The molecule has 0 amide bonds. The fraction of sp³-hybridized carbons (Fsp3) is 0.333. The number of aromatic nitrogens is 5. The highest BCUT2D eigenvalue weighted by atomic mass is 19.4. The molecular formula is C6H5F3N6. The van der Waals surface area contributed by atoms with Crippen LogP contribution in [-0.2, 0) is 13.2 Å². The molecule has 0 bridgehead atoms. The molecule has 0 atom stereocenters. The maximum Gasteiger partial charge on any atom is 0.451 e. The van der Waals surface area contributed by atoms with Crippen molar-refractivity contribution in [3.63, 3.8) is 0 Å². The van der Waals surface area contributed by atoms with Crippen molar-refractivity contribution in [3.05, 3.63) is 5.82 Å². The first kappa shape index (κ1) is 9.62. The van der Waals surface area contributed by atoms with Crippen molar-refractivity contribution in [3.8, 4) is 0 Å². The van der Waals surface area contributed by atoms with E-state index < -0.39 is 12.0 Å². The van der Waals surface area contributed by atoms with Crippen molar-refractivity contribution < 1.29 is 13.2 Å². The van der Waals surface area contributed by atoms with Gasteiger partial charge in [0.15, 0.2) is 17.0 Å². The van der Waals surface area contributed by atoms with Crippen LogP contribution in [-0.4, -0.2) is 25.0 Å². The third-order valence-electron chi connectivity index (χ3n) is 1.73. The van der Waals surface area contributed by atoms with Gasteiger partial charge >= 0.3 is 6.18 Å². The Labute approximate surface area is 80.9 Å². The first-order valence-corrected chi connectivity index (χ1v) is 3.79. The van der Waals surface area contributed by atoms with Crippen LogP contribution in [0.5, 0.6) is 0 Å². The first-order chi connectivity index (χ1) is 6.89. The molecule has 2 aromatic heterocycles. The Hall–Kier alpha value is -1.93. The molecule has 0 saturated heterocycles. The second-order valence-corrected chi connectivity index (χ2v) is 2.82. The van der Waals surface area contributed by atoms with Crippen LogP contribution < -0.4 is 5.73 Å². The molecule has 15 heavy (non-hydrogen) atoms. The summed E-state index contributed by atoms with van der Waals surface area (Å²) in [6.07, 6.45) is -4.63. The Kier molecular flexibility index (Phi) is 1.78. The summed E-state index contributed by atoms with van der Waals surface area (Å²) in [4.78, 5) is 6.40. The fourth-order valence-corrected chi connectivity index (χ4v) is 1.06. The molecule has 80 valence electrons. The third-order valence-corrected chi connectivity index (χ3v) is 1.73. The lowest BCUT2D eigenvalue weighted by Gasteiger charge is -2.04. The van der Waals surface area contributed by atoms with Crippen molar-refractivity contribution in [2.75, 3.05) is 5.73 Å². The number of anilines is 1. The number of hydrogen-bond donors (Lipinski definition) is 1. The monoisotopic (exact) mass is 218 g/mol. The van der Waals surface area contributed by atoms with E-state index in [-0.39, 0.29) is 17.0 Å². The van der Waals surface area contributed by atoms with Gasteiger partial charge in [-0.05, 0) is 0 Å². The molecule has 0 aliphatic carbocycles. The molecule has 0 radical (unpaired) electrons. The Morgan fingerprint density at radius 1 is 1.27 bits per heavy atom. The summed E-state index contributed by atoms with van der Waals surface area (Å²) in [7, 11) is 1.42. The molecular weight excluding hydrogens is 213 g/mol. The molecule has 0 aliphatic rings. The van der Waals surface area contributed by atoms with Crippen LogP contribution in [0, 0.1) is 0 Å². The Balaban J connectivity index is 2.76. The van der Waals surface area contributed by atoms with Crippen molar-refractivity contribution in [1.29, 1.82) is 0 Å². The lowest BCUT2D eigenvalue weighted by Crippen LogP contribution is -2.13. The zero-order chi connectivity index (χ0) is 11.2. The zero-order valence-electron chi connectivity index (χ0n) is 7.45. The Morgan fingerprint density at radius 2 is 1.93 bits per heavy atom. The second kappa shape index (κ2) is 2.78. The average Bonchev–Trinajstić information content (AvgIpc) is 2.47. The molecule has 9 heteroatoms. The van der Waals surface area contributed by atoms with E-state index in [0.29, 0.717) is 0 Å². The van der Waals surface area contributed by atoms with E-state index >= 15 is 0 Å². The molecule has 0 fully saturated rings. The van der Waals surface area contributed by atoms with Crippen LogP contribution in [0.3, 0.4) is 0 Å². The molecule has 2 N–H and O–H groups in total. The first-order valence-electron chi connectivity index (χ1n) is 3.79. The van der Waals surface area contributed by atoms with Gasteiger partial charge in [-0.3, -0.25) is 0 Å². The van der Waals surface area contributed by atoms with E-state index in [9.17, 15) is 13.2 Å². The third kappa shape index (κ3) is 1.45. The standard InChI is InChI=1S/C6H5F3N6/c1-15-4-2(13-14-15)3(10)11-5(12-4)6(7,8)9/h1H3,(H2,10,11,12). The fourth-order valence-electron chi connectivity index (χ4n) is 1.06. The molecule has 6 nitrogen and oxygen atoms in total. The summed E-state index contributed by atoms with van der Waals surface area (Å²) in [5.74, 6) is -1.63. The van der Waals surface area contributed by atoms with E-state index in [1.807, 2.05) is 0 Å². The quantitative estimate of drug-likeness (QED) is 0.690. The number of nitrogens with two attached hydrogens (primary N) is 1. The summed E-state index contributed by atoms with van der Waals surface area (Å²) < 4.78 is 38.0. The van der Waals surface area contributed by atoms with E-state index in [1.54, 1.807) is 0 Å². The van der Waals surface area contributed by atoms with E-state index in [0.717, 1.165) is 4.68 Å². The number of hydrogen-bond acceptors (Lipinski definition) is 5. The van der Waals surface area contributed by atoms with Gasteiger partial charge in [0.25, 0.3) is 0 Å². The highest BCUT2D eigenvalue weighted by molar-refractivity contribution is 5.80. The van der Waals surface area contributed by atoms with Gasteiger partial charge in [-0.2, -0.15) is 13.2 Å². The highest BCUT2D eigenvalue weighted by Gasteiger charge is 2.36. The van der Waals surface area contributed by atoms with Crippen LogP contribution in [0.15, 0.2) is 0 Å². The molecule has 2 heterocycles. The largest absolute Gasteiger partial charge is 0.451 e. The minimum Gasteiger partial charge on any atom is -0.382 e. The summed E-state index contributed by atoms with van der Waals surface area (Å²) in [5.41, 5.74) is 5.31. The van der Waals surface area contributed by atoms with Crippen molar-refractivity contribution in [1.82, 2.24) is 25.0 Å². The second-order valence-electron chi connectivity index (χ2n) is 2.82. The lowest BCUT2D eigenvalue weighted by atomic mass is 10.4. The topological polar surface area (TPSA) is 82.5 Å². The molecule has 2 aromatic rings. The van der Waals surface area contributed by atoms with Gasteiger partial charge in [0, 0.05) is 7.05 Å². The highest BCUT2D eigenvalue weighted by Crippen LogP contribution is 2.28. The molecule has 0 aromatic carbocycles. The van der Waals surface area contributed by atoms with Crippen LogP contribution in [0.1, 0.15) is 5.82 Å². The summed E-state index contributed by atoms with van der Waals surface area (Å²) in [5, 5.41) is 7.03. The molecule has 0 saturated carbocycles. The SMILES string of the molecule is Cn1nnc2c(N)nc(C(F)(F)F)nc21. The predicted molar refractivity (Wildman–Crippen MR) is 43.5 cm³/mol. The van der Waals surface area contributed by atoms with Crippen molar-refractivity contribution >= 4 is 17.0 Å². The normalized spacial score (nSPS) is 12.3. The lowest BCUT2D eigenvalue weighted by molar-refractivity contribution is -0.144. The van der Waals surface area contributed by atoms with Crippen LogP contribution in [0.25, 0.3) is 11.2 Å². The van der Waals surface area contributed by atoms with Gasteiger partial charge in [0.1, 0.15) is 0 Å². The Morgan fingerprint density at radius 3 is 2.53 bits per heavy atom. The maximum absolute atomic E-state index is 12.3. The number of aryl methyl sites for hydroxylation is 1. The van der Waals surface area contributed by atoms with E-state index in [1.165, 1.54) is 7.05 Å². The minimum absolute atomic E-state index is 0.0465. The van der Waals surface area contributed by atoms with Gasteiger partial charge in [0.05, 0.1) is 0 Å². The molecule has 0 spiro atoms. The minimum atomic E-state index is -4.63. The molecule has 0 unspecified atom stereocenters. The van der Waals surface area contributed by atoms with Gasteiger partial charge in [-0.15, -0.1) is 5.10 Å². The molecule has 0 aliphatic heterocycles. The van der Waals surface area contributed by atoms with E-state index in [4.69, 9.17) is 5.73 Å². The summed E-state index contributed by atoms with van der Waals surface area (Å²) in [6, 6.07) is 0. The van der Waals surface area contributed by atoms with E-state index in [2.05, 4.69) is 20.3 Å². The van der Waals surface area contributed by atoms with Gasteiger partial charge in [0.2, 0.25) is 5.82 Å². The van der Waals surface area contributed by atoms with Gasteiger partial charge < -0.3 is 5.73 Å². The van der Waals surface area contributed by atoms with Crippen LogP contribution in [0.2, 0.25) is 0 Å². The number of nitrogen functional groups attached to an aromatic ring is 1. The predicted octanol–water partition coefficient (Wildman–Crippen LogP) is 0.359. The number of rotatable bonds is 0. The number of fused-ring (bicyclic) bond motifs is 1. The van der Waals surface area contributed by atoms with Gasteiger partial charge in [-0.1, -0.05) is 5.21 Å². The number of alkyl halides is 3. The Bertz CT molecular complexity index is 515. The smallest absolute Gasteiger partial charge is 0.382 e. The van der Waals surface area contributed by atoms with Crippen LogP contribution in [0.4, 0.5) is 19.0 Å². The van der Waals surface area contributed by atoms with Crippen LogP contribution >= 0.6 is 0 Å². The summed E-state index contributed by atoms with van der Waals surface area (Å²) in [6.45, 7) is 0. The zero-order valence-corrected chi connectivity index (χ0v) is 7.45. The van der Waals surface area contributed by atoms with Gasteiger partial charge in [-0.25, -0.2) is 14.6 Å². The number of halogens is 3. The molecule has 2 rings (SSSR count).